The molecule has 0 unspecified atom stereocenters. The second-order valence-corrected chi connectivity index (χ2v) is 9.84. The average Bonchev–Trinajstić information content (AvgIpc) is 3.58. The molecule has 42 heavy (non-hydrogen) atoms. The lowest BCUT2D eigenvalue weighted by molar-refractivity contribution is 0.0303. The number of benzene rings is 4. The third-order valence-electron chi connectivity index (χ3n) is 6.76. The van der Waals surface area contributed by atoms with Crippen LogP contribution >= 0.6 is 0 Å². The van der Waals surface area contributed by atoms with Crippen LogP contribution in [0.1, 0.15) is 16.7 Å². The minimum absolute atomic E-state index is 0.463. The van der Waals surface area contributed by atoms with Crippen LogP contribution in [0.15, 0.2) is 122 Å². The summed E-state index contributed by atoms with van der Waals surface area (Å²) < 4.78 is 24.9. The molecule has 1 aromatic heterocycles. The molecule has 0 saturated carbocycles. The largest absolute Gasteiger partial charge is 0.497 e. The number of rotatable bonds is 16. The first-order valence-electron chi connectivity index (χ1n) is 14.1. The standard InChI is InChI=1S/C35H37N3O4/c1-39-34-14-6-11-31(23-34)26-38(25-30-10-5-12-32(22-30)37-17-16-36-28-37)33-13-7-15-35(24-33)42-21-20-40-18-19-41-27-29-8-3-2-4-9-29/h2-17,22-24,28H,18-21,25-27H2,1H3. The lowest BCUT2D eigenvalue weighted by Crippen LogP contribution is -2.22. The van der Waals surface area contributed by atoms with Gasteiger partial charge in [-0.3, -0.25) is 0 Å². The maximum Gasteiger partial charge on any atom is 0.121 e. The number of nitrogens with zero attached hydrogens (tertiary/aromatic N) is 3. The number of anilines is 1. The molecular weight excluding hydrogens is 526 g/mol. The zero-order valence-corrected chi connectivity index (χ0v) is 24.0. The van der Waals surface area contributed by atoms with Crippen molar-refractivity contribution in [1.29, 1.82) is 0 Å². The minimum Gasteiger partial charge on any atom is -0.497 e. The molecule has 0 aliphatic carbocycles. The number of hydrogen-bond acceptors (Lipinski definition) is 6. The Morgan fingerprint density at radius 3 is 2.19 bits per heavy atom. The van der Waals surface area contributed by atoms with Crippen molar-refractivity contribution >= 4 is 5.69 Å². The zero-order valence-electron chi connectivity index (χ0n) is 24.0. The molecule has 5 aromatic rings. The van der Waals surface area contributed by atoms with Crippen molar-refractivity contribution in [2.45, 2.75) is 19.7 Å². The lowest BCUT2D eigenvalue weighted by atomic mass is 10.1. The Morgan fingerprint density at radius 1 is 0.667 bits per heavy atom. The van der Waals surface area contributed by atoms with Crippen LogP contribution in [0.4, 0.5) is 5.69 Å². The summed E-state index contributed by atoms with van der Waals surface area (Å²) >= 11 is 0. The van der Waals surface area contributed by atoms with Gasteiger partial charge in [-0.2, -0.15) is 0 Å². The molecule has 1 heterocycles. The Bertz CT molecular complexity index is 1490. The topological polar surface area (TPSA) is 58.0 Å². The average molecular weight is 564 g/mol. The van der Waals surface area contributed by atoms with E-state index in [1.807, 2.05) is 59.6 Å². The first-order valence-corrected chi connectivity index (χ1v) is 14.1. The van der Waals surface area contributed by atoms with E-state index >= 15 is 0 Å². The second kappa shape index (κ2) is 15.4. The highest BCUT2D eigenvalue weighted by Crippen LogP contribution is 2.26. The molecule has 0 amide bonds. The van der Waals surface area contributed by atoms with Gasteiger partial charge in [0.2, 0.25) is 0 Å². The van der Waals surface area contributed by atoms with E-state index in [2.05, 4.69) is 70.5 Å². The highest BCUT2D eigenvalue weighted by atomic mass is 16.5. The van der Waals surface area contributed by atoms with Gasteiger partial charge in [-0.1, -0.05) is 60.7 Å². The molecule has 5 rings (SSSR count). The molecule has 7 heteroatoms. The van der Waals surface area contributed by atoms with E-state index in [9.17, 15) is 0 Å². The van der Waals surface area contributed by atoms with Gasteiger partial charge in [0.05, 0.1) is 39.9 Å². The summed E-state index contributed by atoms with van der Waals surface area (Å²) in [6.45, 7) is 4.05. The number of ether oxygens (including phenoxy) is 4. The van der Waals surface area contributed by atoms with Crippen molar-refractivity contribution in [3.05, 3.63) is 139 Å². The summed E-state index contributed by atoms with van der Waals surface area (Å²) in [5, 5.41) is 0. The van der Waals surface area contributed by atoms with Crippen LogP contribution in [-0.4, -0.2) is 43.1 Å². The van der Waals surface area contributed by atoms with Crippen molar-refractivity contribution in [1.82, 2.24) is 9.55 Å². The van der Waals surface area contributed by atoms with Gasteiger partial charge >= 0.3 is 0 Å². The van der Waals surface area contributed by atoms with E-state index in [0.717, 1.165) is 40.5 Å². The van der Waals surface area contributed by atoms with E-state index in [1.54, 1.807) is 13.3 Å². The molecule has 0 aliphatic rings. The Morgan fingerprint density at radius 2 is 1.38 bits per heavy atom. The van der Waals surface area contributed by atoms with Crippen molar-refractivity contribution in [3.63, 3.8) is 0 Å². The van der Waals surface area contributed by atoms with E-state index in [4.69, 9.17) is 18.9 Å². The minimum atomic E-state index is 0.463. The number of hydrogen-bond donors (Lipinski definition) is 0. The molecule has 216 valence electrons. The summed E-state index contributed by atoms with van der Waals surface area (Å²) in [7, 11) is 1.70. The molecule has 0 spiro atoms. The van der Waals surface area contributed by atoms with Gasteiger partial charge in [0.15, 0.2) is 0 Å². The van der Waals surface area contributed by atoms with E-state index in [0.29, 0.717) is 39.6 Å². The third-order valence-corrected chi connectivity index (χ3v) is 6.76. The van der Waals surface area contributed by atoms with Gasteiger partial charge in [0.1, 0.15) is 18.1 Å². The lowest BCUT2D eigenvalue weighted by Gasteiger charge is -2.26. The highest BCUT2D eigenvalue weighted by Gasteiger charge is 2.12. The molecule has 0 fully saturated rings. The zero-order chi connectivity index (χ0) is 28.8. The highest BCUT2D eigenvalue weighted by molar-refractivity contribution is 5.52. The van der Waals surface area contributed by atoms with Gasteiger partial charge in [0, 0.05) is 42.9 Å². The quantitative estimate of drug-likeness (QED) is 0.125. The molecule has 4 aromatic carbocycles. The smallest absolute Gasteiger partial charge is 0.121 e. The maximum atomic E-state index is 6.05. The third kappa shape index (κ3) is 8.70. The van der Waals surface area contributed by atoms with E-state index in [-0.39, 0.29) is 0 Å². The van der Waals surface area contributed by atoms with Crippen LogP contribution in [0.25, 0.3) is 5.69 Å². The van der Waals surface area contributed by atoms with E-state index < -0.39 is 0 Å². The van der Waals surface area contributed by atoms with Gasteiger partial charge in [-0.05, 0) is 53.1 Å². The van der Waals surface area contributed by atoms with Crippen LogP contribution in [0.5, 0.6) is 11.5 Å². The second-order valence-electron chi connectivity index (χ2n) is 9.84. The fraction of sp³-hybridized carbons (Fsp3) is 0.229. The normalized spacial score (nSPS) is 10.9. The predicted octanol–water partition coefficient (Wildman–Crippen LogP) is 6.70. The monoisotopic (exact) mass is 563 g/mol. The Hall–Kier alpha value is -4.59. The van der Waals surface area contributed by atoms with Crippen molar-refractivity contribution in [3.8, 4) is 17.2 Å². The molecule has 7 nitrogen and oxygen atoms in total. The summed E-state index contributed by atoms with van der Waals surface area (Å²) in [5.41, 5.74) is 5.66. The molecule has 0 saturated heterocycles. The molecule has 0 radical (unpaired) electrons. The first kappa shape index (κ1) is 28.9. The summed E-state index contributed by atoms with van der Waals surface area (Å²) in [4.78, 5) is 6.53. The fourth-order valence-electron chi connectivity index (χ4n) is 4.65. The van der Waals surface area contributed by atoms with Crippen LogP contribution in [0.3, 0.4) is 0 Å². The first-order chi connectivity index (χ1) is 20.8. The van der Waals surface area contributed by atoms with Crippen LogP contribution in [-0.2, 0) is 29.2 Å². The number of imidazole rings is 1. The Kier molecular flexibility index (Phi) is 10.6. The Balaban J connectivity index is 1.19. The van der Waals surface area contributed by atoms with Gasteiger partial charge in [-0.25, -0.2) is 4.98 Å². The molecule has 0 N–H and O–H groups in total. The van der Waals surface area contributed by atoms with Crippen molar-refractivity contribution in [2.24, 2.45) is 0 Å². The maximum absolute atomic E-state index is 6.05. The summed E-state index contributed by atoms with van der Waals surface area (Å²) in [6, 6.07) is 35.1. The van der Waals surface area contributed by atoms with Crippen LogP contribution in [0, 0.1) is 0 Å². The Labute approximate surface area is 247 Å². The van der Waals surface area contributed by atoms with Gasteiger partial charge < -0.3 is 28.4 Å². The van der Waals surface area contributed by atoms with E-state index in [1.165, 1.54) is 5.56 Å². The summed E-state index contributed by atoms with van der Waals surface area (Å²) in [6.07, 6.45) is 5.56. The van der Waals surface area contributed by atoms with Crippen molar-refractivity contribution < 1.29 is 18.9 Å². The van der Waals surface area contributed by atoms with Crippen LogP contribution in [0.2, 0.25) is 0 Å². The van der Waals surface area contributed by atoms with Gasteiger partial charge in [0.25, 0.3) is 0 Å². The van der Waals surface area contributed by atoms with Gasteiger partial charge in [-0.15, -0.1) is 0 Å². The SMILES string of the molecule is COc1cccc(CN(Cc2cccc(-n3ccnc3)c2)c2cccc(OCCOCCOCc3ccccc3)c2)c1. The molecule has 0 aliphatic heterocycles. The molecular formula is C35H37N3O4. The van der Waals surface area contributed by atoms with Crippen molar-refractivity contribution in [2.75, 3.05) is 38.4 Å². The summed E-state index contributed by atoms with van der Waals surface area (Å²) in [5.74, 6) is 1.65. The number of aromatic nitrogens is 2. The van der Waals surface area contributed by atoms with Crippen LogP contribution < -0.4 is 14.4 Å². The predicted molar refractivity (Wildman–Crippen MR) is 165 cm³/mol. The molecule has 0 atom stereocenters. The molecule has 0 bridgehead atoms. The number of methoxy groups -OCH3 is 1. The fourth-order valence-corrected chi connectivity index (χ4v) is 4.65.